The number of nitrogens with zero attached hydrogens (tertiary/aromatic N) is 10. The summed E-state index contributed by atoms with van der Waals surface area (Å²) in [4.78, 5) is 8.38. The van der Waals surface area contributed by atoms with Gasteiger partial charge in [0, 0.05) is 56.4 Å². The Morgan fingerprint density at radius 1 is 0.568 bits per heavy atom. The van der Waals surface area contributed by atoms with E-state index in [0.717, 1.165) is 0 Å². The first-order valence-corrected chi connectivity index (χ1v) is 11.9. The molecule has 12 nitrogen and oxygen atoms in total. The Kier molecular flexibility index (Phi) is 7.00. The van der Waals surface area contributed by atoms with Crippen LogP contribution in [0.2, 0.25) is 0 Å². The Hall–Kier alpha value is -3.01. The molecule has 4 aromatic heterocycles. The van der Waals surface area contributed by atoms with Crippen LogP contribution in [0.4, 0.5) is 0 Å². The van der Waals surface area contributed by atoms with Crippen molar-refractivity contribution in [1.82, 2.24) is 49.1 Å². The minimum absolute atomic E-state index is 0. The topological polar surface area (TPSA) is 138 Å². The van der Waals surface area contributed by atoms with E-state index in [2.05, 4.69) is 47.9 Å². The molecule has 0 aliphatic heterocycles. The normalized spacial score (nSPS) is 13.1. The van der Waals surface area contributed by atoms with Crippen molar-refractivity contribution in [3.8, 4) is 23.7 Å². The van der Waals surface area contributed by atoms with Crippen molar-refractivity contribution >= 4 is 0 Å². The van der Waals surface area contributed by atoms with Gasteiger partial charge in [0.2, 0.25) is 0 Å². The van der Waals surface area contributed by atoms with Gasteiger partial charge in [-0.1, -0.05) is 41.5 Å². The molecule has 4 rings (SSSR count). The van der Waals surface area contributed by atoms with Crippen LogP contribution in [0.15, 0.2) is 24.5 Å². The van der Waals surface area contributed by atoms with Gasteiger partial charge in [-0.25, -0.2) is 0 Å². The van der Waals surface area contributed by atoms with Gasteiger partial charge < -0.3 is 10.2 Å². The van der Waals surface area contributed by atoms with E-state index in [1.54, 1.807) is 12.1 Å². The van der Waals surface area contributed by atoms with E-state index in [9.17, 15) is 10.2 Å². The Balaban J connectivity index is 0.00000380. The van der Waals surface area contributed by atoms with Gasteiger partial charge in [0.25, 0.3) is 0 Å². The molecule has 4 heterocycles. The first kappa shape index (κ1) is 28.6. The maximum atomic E-state index is 10.4. The number of hydrogen-bond acceptors (Lipinski definition) is 8. The summed E-state index contributed by atoms with van der Waals surface area (Å²) in [5.74, 6) is 1.99. The molecule has 0 aromatic carbocycles. The summed E-state index contributed by atoms with van der Waals surface area (Å²) in [6, 6.07) is 3.16. The summed E-state index contributed by atoms with van der Waals surface area (Å²) in [7, 11) is 0. The number of rotatable bonds is 5. The quantitative estimate of drug-likeness (QED) is 0.325. The summed E-state index contributed by atoms with van der Waals surface area (Å²) >= 11 is 0. The van der Waals surface area contributed by atoms with Gasteiger partial charge in [-0.2, -0.15) is 29.5 Å². The van der Waals surface area contributed by atoms with E-state index in [-0.39, 0.29) is 43.9 Å². The molecule has 13 heteroatoms. The number of aromatic hydroxyl groups is 2. The van der Waals surface area contributed by atoms with Crippen LogP contribution in [0.25, 0.3) is 11.6 Å². The molecule has 204 valence electrons. The van der Waals surface area contributed by atoms with Crippen LogP contribution in [0.1, 0.15) is 80.9 Å². The van der Waals surface area contributed by atoms with E-state index in [4.69, 9.17) is 10.2 Å². The largest absolute Gasteiger partial charge is 0.479 e. The fraction of sp³-hybridized carbons (Fsp3) is 0.583. The molecule has 4 aromatic rings. The van der Waals surface area contributed by atoms with Crippen molar-refractivity contribution in [3.63, 3.8) is 0 Å². The third kappa shape index (κ3) is 4.95. The van der Waals surface area contributed by atoms with Gasteiger partial charge in [-0.15, -0.1) is 10.2 Å². The number of aromatic nitrogens is 10. The van der Waals surface area contributed by atoms with Crippen LogP contribution in [-0.4, -0.2) is 59.3 Å². The third-order valence-corrected chi connectivity index (χ3v) is 6.75. The van der Waals surface area contributed by atoms with E-state index >= 15 is 0 Å². The summed E-state index contributed by atoms with van der Waals surface area (Å²) in [5, 5.41) is 39.1. The maximum absolute atomic E-state index is 10.4. The van der Waals surface area contributed by atoms with Crippen molar-refractivity contribution in [2.75, 3.05) is 0 Å². The average molecular weight is 692 g/mol. The monoisotopic (exact) mass is 691 g/mol. The standard InChI is InChI=1S/C24H36N10O2.Pt/c1-21(2,3)17-25-19(35)33(29-17)15-11-13-31(27-15)23(7,8)24(9,10)32-14-12-16(28-32)34-20(36)26-18(30-34)22(4,5)6;/h11-14H,1-10H3,(H,25,29,35)(H,26,30,36);. The molecule has 0 bridgehead atoms. The molecule has 0 radical (unpaired) electrons. The smallest absolute Gasteiger partial charge is 0.318 e. The first-order chi connectivity index (χ1) is 16.4. The van der Waals surface area contributed by atoms with Crippen LogP contribution in [0, 0.1) is 0 Å². The zero-order valence-electron chi connectivity index (χ0n) is 23.0. The second-order valence-electron chi connectivity index (χ2n) is 12.1. The van der Waals surface area contributed by atoms with E-state index in [0.29, 0.717) is 23.3 Å². The molecular weight excluding hydrogens is 655 g/mol. The van der Waals surface area contributed by atoms with Gasteiger partial charge in [-0.3, -0.25) is 9.36 Å². The van der Waals surface area contributed by atoms with Crippen LogP contribution in [-0.2, 0) is 43.0 Å². The Labute approximate surface area is 231 Å². The van der Waals surface area contributed by atoms with E-state index in [1.807, 2.05) is 63.3 Å². The number of hydrogen-bond donors (Lipinski definition) is 2. The third-order valence-electron chi connectivity index (χ3n) is 6.75. The molecule has 0 aliphatic carbocycles. The van der Waals surface area contributed by atoms with Gasteiger partial charge in [0.05, 0.1) is 11.1 Å². The molecule has 0 atom stereocenters. The molecule has 0 amide bonds. The van der Waals surface area contributed by atoms with E-state index < -0.39 is 11.1 Å². The van der Waals surface area contributed by atoms with Crippen LogP contribution in [0.5, 0.6) is 12.0 Å². The molecule has 0 saturated heterocycles. The summed E-state index contributed by atoms with van der Waals surface area (Å²) in [6.07, 6.45) is 3.69. The molecule has 0 spiro atoms. The summed E-state index contributed by atoms with van der Waals surface area (Å²) in [5.41, 5.74) is -1.76. The molecule has 0 saturated carbocycles. The summed E-state index contributed by atoms with van der Waals surface area (Å²) < 4.78 is 6.33. The Morgan fingerprint density at radius 2 is 0.892 bits per heavy atom. The minimum Gasteiger partial charge on any atom is -0.479 e. The Morgan fingerprint density at radius 3 is 1.16 bits per heavy atom. The molecule has 37 heavy (non-hydrogen) atoms. The first-order valence-electron chi connectivity index (χ1n) is 11.9. The predicted octanol–water partition coefficient (Wildman–Crippen LogP) is 3.42. The van der Waals surface area contributed by atoms with Gasteiger partial charge in [0.1, 0.15) is 0 Å². The maximum Gasteiger partial charge on any atom is 0.318 e. The fourth-order valence-corrected chi connectivity index (χ4v) is 3.59. The van der Waals surface area contributed by atoms with Gasteiger partial charge >= 0.3 is 12.0 Å². The van der Waals surface area contributed by atoms with Crippen LogP contribution < -0.4 is 0 Å². The van der Waals surface area contributed by atoms with Crippen LogP contribution >= 0.6 is 0 Å². The van der Waals surface area contributed by atoms with E-state index in [1.165, 1.54) is 9.36 Å². The van der Waals surface area contributed by atoms with Crippen molar-refractivity contribution in [1.29, 1.82) is 0 Å². The average Bonchev–Trinajstić information content (AvgIpc) is 3.51. The van der Waals surface area contributed by atoms with Crippen molar-refractivity contribution in [2.45, 2.75) is 91.1 Å². The van der Waals surface area contributed by atoms with Crippen molar-refractivity contribution < 1.29 is 31.3 Å². The zero-order valence-corrected chi connectivity index (χ0v) is 25.3. The second-order valence-corrected chi connectivity index (χ2v) is 12.1. The summed E-state index contributed by atoms with van der Waals surface area (Å²) in [6.45, 7) is 20.1. The molecular formula is C24H36N10O2Pt. The zero-order chi connectivity index (χ0) is 26.8. The van der Waals surface area contributed by atoms with Crippen LogP contribution in [0.3, 0.4) is 0 Å². The van der Waals surface area contributed by atoms with Gasteiger partial charge in [-0.05, 0) is 27.7 Å². The van der Waals surface area contributed by atoms with Crippen molar-refractivity contribution in [3.05, 3.63) is 36.2 Å². The predicted molar refractivity (Wildman–Crippen MR) is 134 cm³/mol. The Bertz CT molecular complexity index is 1290. The second kappa shape index (κ2) is 9.08. The SMILES string of the molecule is CC(C)(C)c1nc(O)n(-c2ccn(C(C)(C)C(C)(C)n3ccc(-n4nc(C(C)(C)C)nc4O)n3)n2)n1.[Pt]. The molecule has 2 N–H and O–H groups in total. The molecule has 0 aliphatic rings. The molecule has 0 unspecified atom stereocenters. The fourth-order valence-electron chi connectivity index (χ4n) is 3.59. The van der Waals surface area contributed by atoms with Crippen molar-refractivity contribution in [2.24, 2.45) is 0 Å². The van der Waals surface area contributed by atoms with Gasteiger partial charge in [0.15, 0.2) is 23.3 Å². The molecule has 0 fully saturated rings. The minimum atomic E-state index is -0.571.